The van der Waals surface area contributed by atoms with Crippen molar-refractivity contribution in [3.05, 3.63) is 36.0 Å². The van der Waals surface area contributed by atoms with Crippen molar-refractivity contribution in [1.29, 1.82) is 0 Å². The molecule has 2 rings (SSSR count). The van der Waals surface area contributed by atoms with Crippen molar-refractivity contribution in [3.63, 3.8) is 0 Å². The van der Waals surface area contributed by atoms with Crippen LogP contribution in [0.25, 0.3) is 11.3 Å². The fourth-order valence-electron chi connectivity index (χ4n) is 1.68. The van der Waals surface area contributed by atoms with E-state index in [9.17, 15) is 4.79 Å². The lowest BCUT2D eigenvalue weighted by atomic mass is 10.1. The van der Waals surface area contributed by atoms with Gasteiger partial charge in [-0.15, -0.1) is 0 Å². The smallest absolute Gasteiger partial charge is 0.283 e. The Morgan fingerprint density at radius 3 is 2.75 bits per heavy atom. The van der Waals surface area contributed by atoms with Gasteiger partial charge in [-0.1, -0.05) is 6.92 Å². The molecule has 0 aliphatic rings. The zero-order chi connectivity index (χ0) is 14.5. The summed E-state index contributed by atoms with van der Waals surface area (Å²) in [5.74, 6) is 5.48. The van der Waals surface area contributed by atoms with Crippen LogP contribution in [0.15, 0.2) is 30.3 Å². The molecule has 1 aromatic heterocycles. The van der Waals surface area contributed by atoms with Gasteiger partial charge in [0, 0.05) is 5.56 Å². The Labute approximate surface area is 117 Å². The number of carbonyl (C=O) groups is 1. The number of hydrogen-bond acceptors (Lipinski definition) is 4. The van der Waals surface area contributed by atoms with Crippen molar-refractivity contribution in [3.8, 4) is 17.0 Å². The molecule has 20 heavy (non-hydrogen) atoms. The minimum atomic E-state index is -0.402. The molecule has 0 aliphatic carbocycles. The molecule has 1 amide bonds. The first-order valence-corrected chi connectivity index (χ1v) is 6.47. The van der Waals surface area contributed by atoms with E-state index in [2.05, 4.69) is 22.5 Å². The van der Waals surface area contributed by atoms with Crippen LogP contribution in [0.1, 0.15) is 30.8 Å². The molecule has 0 aliphatic heterocycles. The molecule has 2 aromatic rings. The van der Waals surface area contributed by atoms with Crippen LogP contribution in [0.3, 0.4) is 0 Å². The van der Waals surface area contributed by atoms with Crippen LogP contribution in [0, 0.1) is 0 Å². The maximum atomic E-state index is 11.3. The number of carbonyl (C=O) groups excluding carboxylic acids is 1. The number of benzene rings is 1. The number of hydrogen-bond donors (Lipinski definition) is 3. The summed E-state index contributed by atoms with van der Waals surface area (Å²) in [5.41, 5.74) is 3.95. The second kappa shape index (κ2) is 6.21. The molecule has 0 radical (unpaired) electrons. The van der Waals surface area contributed by atoms with E-state index in [1.165, 1.54) is 0 Å². The largest absolute Gasteiger partial charge is 0.491 e. The Hall–Kier alpha value is -2.34. The van der Waals surface area contributed by atoms with Crippen molar-refractivity contribution < 1.29 is 9.53 Å². The minimum absolute atomic E-state index is 0.186. The van der Waals surface area contributed by atoms with E-state index >= 15 is 0 Å². The predicted octanol–water partition coefficient (Wildman–Crippen LogP) is 1.86. The van der Waals surface area contributed by atoms with Gasteiger partial charge in [0.2, 0.25) is 0 Å². The number of H-pyrrole nitrogens is 1. The predicted molar refractivity (Wildman–Crippen MR) is 76.1 cm³/mol. The van der Waals surface area contributed by atoms with Gasteiger partial charge >= 0.3 is 0 Å². The summed E-state index contributed by atoms with van der Waals surface area (Å²) >= 11 is 0. The van der Waals surface area contributed by atoms with Crippen LogP contribution < -0.4 is 16.0 Å². The molecule has 1 aromatic carbocycles. The second-order valence-corrected chi connectivity index (χ2v) is 4.50. The van der Waals surface area contributed by atoms with Crippen LogP contribution in [-0.2, 0) is 0 Å². The third-order valence-corrected chi connectivity index (χ3v) is 3.02. The third-order valence-electron chi connectivity index (χ3n) is 3.02. The van der Waals surface area contributed by atoms with Crippen LogP contribution in [0.4, 0.5) is 0 Å². The first kappa shape index (κ1) is 14.1. The number of hydrazine groups is 1. The summed E-state index contributed by atoms with van der Waals surface area (Å²) in [6.45, 7) is 4.10. The Morgan fingerprint density at radius 1 is 1.45 bits per heavy atom. The van der Waals surface area contributed by atoms with Crippen LogP contribution in [0.5, 0.6) is 5.75 Å². The van der Waals surface area contributed by atoms with E-state index in [1.807, 2.05) is 31.2 Å². The van der Waals surface area contributed by atoms with Crippen molar-refractivity contribution in [2.24, 2.45) is 5.84 Å². The quantitative estimate of drug-likeness (QED) is 0.441. The Kier molecular flexibility index (Phi) is 4.37. The highest BCUT2D eigenvalue weighted by Crippen LogP contribution is 2.22. The van der Waals surface area contributed by atoms with Crippen molar-refractivity contribution >= 4 is 5.91 Å². The maximum Gasteiger partial charge on any atom is 0.283 e. The minimum Gasteiger partial charge on any atom is -0.491 e. The first-order chi connectivity index (χ1) is 9.63. The lowest BCUT2D eigenvalue weighted by Gasteiger charge is -2.12. The summed E-state index contributed by atoms with van der Waals surface area (Å²) < 4.78 is 5.71. The Morgan fingerprint density at radius 2 is 2.15 bits per heavy atom. The van der Waals surface area contributed by atoms with Crippen molar-refractivity contribution in [2.75, 3.05) is 0 Å². The number of nitrogen functional groups attached to an aromatic ring is 1. The van der Waals surface area contributed by atoms with Gasteiger partial charge in [0.15, 0.2) is 0 Å². The molecule has 1 unspecified atom stereocenters. The van der Waals surface area contributed by atoms with Crippen molar-refractivity contribution in [1.82, 2.24) is 15.6 Å². The van der Waals surface area contributed by atoms with Gasteiger partial charge in [0.1, 0.15) is 11.4 Å². The number of nitrogens with two attached hydrogens (primary N) is 1. The third kappa shape index (κ3) is 3.16. The fourth-order valence-corrected chi connectivity index (χ4v) is 1.68. The summed E-state index contributed by atoms with van der Waals surface area (Å²) in [7, 11) is 0. The van der Waals surface area contributed by atoms with Crippen molar-refractivity contribution in [2.45, 2.75) is 26.4 Å². The lowest BCUT2D eigenvalue weighted by molar-refractivity contribution is 0.0948. The Bertz CT molecular complexity index is 577. The average Bonchev–Trinajstić information content (AvgIpc) is 2.97. The molecule has 0 fully saturated rings. The first-order valence-electron chi connectivity index (χ1n) is 6.47. The SMILES string of the molecule is CCC(C)Oc1ccc(-c2cc(C(=O)NN)[nH]n2)cc1. The summed E-state index contributed by atoms with van der Waals surface area (Å²) in [4.78, 5) is 11.3. The van der Waals surface area contributed by atoms with E-state index in [-0.39, 0.29) is 6.10 Å². The lowest BCUT2D eigenvalue weighted by Crippen LogP contribution is -2.30. The average molecular weight is 274 g/mol. The number of nitrogens with zero attached hydrogens (tertiary/aromatic N) is 1. The van der Waals surface area contributed by atoms with E-state index in [4.69, 9.17) is 10.6 Å². The molecule has 0 saturated carbocycles. The zero-order valence-corrected chi connectivity index (χ0v) is 11.5. The molecular formula is C14H18N4O2. The summed E-state index contributed by atoms with van der Waals surface area (Å²) in [6.07, 6.45) is 1.14. The molecule has 6 heteroatoms. The number of aromatic amines is 1. The maximum absolute atomic E-state index is 11.3. The van der Waals surface area contributed by atoms with Gasteiger partial charge in [0.25, 0.3) is 5.91 Å². The molecule has 6 nitrogen and oxygen atoms in total. The number of nitrogens with one attached hydrogen (secondary N) is 2. The van der Waals surface area contributed by atoms with Gasteiger partial charge in [-0.2, -0.15) is 5.10 Å². The van der Waals surface area contributed by atoms with Crippen LogP contribution in [-0.4, -0.2) is 22.2 Å². The second-order valence-electron chi connectivity index (χ2n) is 4.50. The molecular weight excluding hydrogens is 256 g/mol. The molecule has 4 N–H and O–H groups in total. The molecule has 0 bridgehead atoms. The highest BCUT2D eigenvalue weighted by atomic mass is 16.5. The molecule has 1 heterocycles. The van der Waals surface area contributed by atoms with Gasteiger partial charge in [0.05, 0.1) is 11.8 Å². The number of rotatable bonds is 5. The van der Waals surface area contributed by atoms with Crippen LogP contribution >= 0.6 is 0 Å². The molecule has 106 valence electrons. The Balaban J connectivity index is 2.13. The summed E-state index contributed by atoms with van der Waals surface area (Å²) in [5, 5.41) is 6.72. The highest BCUT2D eigenvalue weighted by molar-refractivity contribution is 5.92. The monoisotopic (exact) mass is 274 g/mol. The molecule has 0 saturated heterocycles. The number of aromatic nitrogens is 2. The van der Waals surface area contributed by atoms with E-state index in [0.717, 1.165) is 17.7 Å². The molecule has 0 spiro atoms. The summed E-state index contributed by atoms with van der Waals surface area (Å²) in [6, 6.07) is 9.22. The van der Waals surface area contributed by atoms with Crippen LogP contribution in [0.2, 0.25) is 0 Å². The van der Waals surface area contributed by atoms with E-state index in [0.29, 0.717) is 11.4 Å². The topological polar surface area (TPSA) is 93.0 Å². The van der Waals surface area contributed by atoms with Gasteiger partial charge < -0.3 is 4.74 Å². The molecule has 1 atom stereocenters. The van der Waals surface area contributed by atoms with Gasteiger partial charge in [-0.05, 0) is 43.7 Å². The normalized spacial score (nSPS) is 11.9. The van der Waals surface area contributed by atoms with Gasteiger partial charge in [-0.3, -0.25) is 15.3 Å². The van der Waals surface area contributed by atoms with E-state index < -0.39 is 5.91 Å². The number of amides is 1. The fraction of sp³-hybridized carbons (Fsp3) is 0.286. The van der Waals surface area contributed by atoms with Gasteiger partial charge in [-0.25, -0.2) is 5.84 Å². The highest BCUT2D eigenvalue weighted by Gasteiger charge is 2.10. The van der Waals surface area contributed by atoms with E-state index in [1.54, 1.807) is 6.07 Å². The standard InChI is InChI=1S/C14H18N4O2/c1-3-9(2)20-11-6-4-10(5-7-11)12-8-13(18-17-12)14(19)16-15/h4-9H,3,15H2,1-2H3,(H,16,19)(H,17,18). The number of ether oxygens (including phenoxy) is 1. The zero-order valence-electron chi connectivity index (χ0n) is 11.5.